The normalized spacial score (nSPS) is 15.3. The zero-order valence-electron chi connectivity index (χ0n) is 9.61. The third kappa shape index (κ3) is 4.29. The van der Waals surface area contributed by atoms with Gasteiger partial charge >= 0.3 is 5.97 Å². The highest BCUT2D eigenvalue weighted by Crippen LogP contribution is 2.22. The Morgan fingerprint density at radius 1 is 1.53 bits per heavy atom. The first-order valence-corrected chi connectivity index (χ1v) is 4.89. The molecule has 0 aliphatic heterocycles. The minimum atomic E-state index is -1.01. The summed E-state index contributed by atoms with van der Waals surface area (Å²) in [6, 6.07) is -1.01. The molecular weight excluding hydrogens is 198 g/mol. The van der Waals surface area contributed by atoms with E-state index in [0.717, 1.165) is 0 Å². The number of aliphatic hydroxyl groups is 1. The lowest BCUT2D eigenvalue weighted by Crippen LogP contribution is -2.51. The summed E-state index contributed by atoms with van der Waals surface area (Å²) in [6.07, 6.45) is -0.599. The number of esters is 1. The summed E-state index contributed by atoms with van der Waals surface area (Å²) in [5.74, 6) is -0.618. The van der Waals surface area contributed by atoms with Crippen molar-refractivity contribution in [2.45, 2.75) is 39.8 Å². The number of carbonyl (C=O) groups excluding carboxylic acids is 2. The Morgan fingerprint density at radius 3 is 2.40 bits per heavy atom. The maximum atomic E-state index is 11.4. The summed E-state index contributed by atoms with van der Waals surface area (Å²) in [5.41, 5.74) is -0.507. The number of amides is 1. The predicted molar refractivity (Wildman–Crippen MR) is 55.1 cm³/mol. The van der Waals surface area contributed by atoms with E-state index in [1.165, 1.54) is 0 Å². The summed E-state index contributed by atoms with van der Waals surface area (Å²) < 4.78 is 4.75. The molecule has 0 radical (unpaired) electrons. The molecule has 2 atom stereocenters. The topological polar surface area (TPSA) is 75.6 Å². The van der Waals surface area contributed by atoms with Crippen LogP contribution in [-0.4, -0.2) is 36.2 Å². The van der Waals surface area contributed by atoms with E-state index in [1.807, 2.05) is 0 Å². The van der Waals surface area contributed by atoms with E-state index in [-0.39, 0.29) is 6.61 Å². The van der Waals surface area contributed by atoms with E-state index in [1.54, 1.807) is 27.7 Å². The van der Waals surface area contributed by atoms with E-state index < -0.39 is 23.5 Å². The van der Waals surface area contributed by atoms with Crippen LogP contribution in [0, 0.1) is 5.41 Å². The van der Waals surface area contributed by atoms with Crippen molar-refractivity contribution in [3.8, 4) is 0 Å². The minimum Gasteiger partial charge on any atom is -0.464 e. The van der Waals surface area contributed by atoms with Crippen LogP contribution in [0.3, 0.4) is 0 Å². The molecule has 0 spiro atoms. The third-order valence-corrected chi connectivity index (χ3v) is 1.99. The van der Waals surface area contributed by atoms with Crippen molar-refractivity contribution in [2.24, 2.45) is 5.41 Å². The molecule has 5 nitrogen and oxygen atoms in total. The van der Waals surface area contributed by atoms with Gasteiger partial charge in [-0.3, -0.25) is 4.79 Å². The Labute approximate surface area is 89.8 Å². The fraction of sp³-hybridized carbons (Fsp3) is 0.800. The van der Waals surface area contributed by atoms with Crippen molar-refractivity contribution in [1.82, 2.24) is 5.32 Å². The molecule has 0 aliphatic carbocycles. The molecule has 0 saturated heterocycles. The molecule has 2 unspecified atom stereocenters. The first kappa shape index (κ1) is 13.9. The quantitative estimate of drug-likeness (QED) is 0.505. The Bertz CT molecular complexity index is 222. The molecule has 0 fully saturated rings. The van der Waals surface area contributed by atoms with Crippen molar-refractivity contribution in [3.63, 3.8) is 0 Å². The van der Waals surface area contributed by atoms with Crippen LogP contribution in [-0.2, 0) is 14.3 Å². The Balaban J connectivity index is 4.64. The standard InChI is InChI=1S/C10H19NO4/c1-5-15-9(14)7(11-6-12)8(13)10(2,3)4/h6-8,13H,5H2,1-4H3,(H,11,12). The van der Waals surface area contributed by atoms with Crippen LogP contribution in [0.1, 0.15) is 27.7 Å². The molecule has 0 aromatic rings. The number of carbonyl (C=O) groups is 2. The van der Waals surface area contributed by atoms with Crippen molar-refractivity contribution in [2.75, 3.05) is 6.61 Å². The highest BCUT2D eigenvalue weighted by Gasteiger charge is 2.35. The zero-order chi connectivity index (χ0) is 12.1. The van der Waals surface area contributed by atoms with Crippen LogP contribution in [0.5, 0.6) is 0 Å². The van der Waals surface area contributed by atoms with Crippen LogP contribution in [0.25, 0.3) is 0 Å². The fourth-order valence-electron chi connectivity index (χ4n) is 1.09. The molecule has 0 aromatic carbocycles. The highest BCUT2D eigenvalue weighted by molar-refractivity contribution is 5.79. The lowest BCUT2D eigenvalue weighted by molar-refractivity contribution is -0.152. The highest BCUT2D eigenvalue weighted by atomic mass is 16.5. The molecule has 2 N–H and O–H groups in total. The number of rotatable bonds is 5. The summed E-state index contributed by atoms with van der Waals surface area (Å²) in [6.45, 7) is 7.20. The van der Waals surface area contributed by atoms with E-state index in [9.17, 15) is 14.7 Å². The van der Waals surface area contributed by atoms with E-state index in [4.69, 9.17) is 4.74 Å². The molecule has 88 valence electrons. The van der Waals surface area contributed by atoms with Gasteiger partial charge in [-0.05, 0) is 12.3 Å². The smallest absolute Gasteiger partial charge is 0.331 e. The molecule has 0 heterocycles. The second-order valence-corrected chi connectivity index (χ2v) is 4.33. The van der Waals surface area contributed by atoms with Gasteiger partial charge in [0.25, 0.3) is 0 Å². The lowest BCUT2D eigenvalue weighted by atomic mass is 9.84. The van der Waals surface area contributed by atoms with Crippen molar-refractivity contribution in [3.05, 3.63) is 0 Å². The van der Waals surface area contributed by atoms with Crippen LogP contribution in [0.4, 0.5) is 0 Å². The molecule has 15 heavy (non-hydrogen) atoms. The summed E-state index contributed by atoms with van der Waals surface area (Å²) in [5, 5.41) is 12.1. The number of aliphatic hydroxyl groups excluding tert-OH is 1. The average molecular weight is 217 g/mol. The largest absolute Gasteiger partial charge is 0.464 e. The lowest BCUT2D eigenvalue weighted by Gasteiger charge is -2.31. The maximum Gasteiger partial charge on any atom is 0.331 e. The number of hydrogen-bond acceptors (Lipinski definition) is 4. The Morgan fingerprint density at radius 2 is 2.07 bits per heavy atom. The van der Waals surface area contributed by atoms with Gasteiger partial charge in [0.05, 0.1) is 12.7 Å². The number of nitrogens with one attached hydrogen (secondary N) is 1. The molecule has 5 heteroatoms. The first-order valence-electron chi connectivity index (χ1n) is 4.89. The van der Waals surface area contributed by atoms with Crippen molar-refractivity contribution >= 4 is 12.4 Å². The van der Waals surface area contributed by atoms with Gasteiger partial charge in [0.1, 0.15) is 0 Å². The van der Waals surface area contributed by atoms with E-state index in [2.05, 4.69) is 5.32 Å². The maximum absolute atomic E-state index is 11.4. The van der Waals surface area contributed by atoms with Gasteiger partial charge < -0.3 is 15.2 Å². The molecule has 1 amide bonds. The fourth-order valence-corrected chi connectivity index (χ4v) is 1.09. The van der Waals surface area contributed by atoms with Crippen LogP contribution in [0.2, 0.25) is 0 Å². The SMILES string of the molecule is CCOC(=O)C(NC=O)C(O)C(C)(C)C. The Kier molecular flexibility index (Phi) is 5.28. The van der Waals surface area contributed by atoms with E-state index in [0.29, 0.717) is 6.41 Å². The molecule has 0 aliphatic rings. The van der Waals surface area contributed by atoms with Gasteiger partial charge in [0.2, 0.25) is 6.41 Å². The summed E-state index contributed by atoms with van der Waals surface area (Å²) in [7, 11) is 0. The second kappa shape index (κ2) is 5.70. The zero-order valence-corrected chi connectivity index (χ0v) is 9.61. The number of ether oxygens (including phenoxy) is 1. The molecule has 0 rings (SSSR count). The Hall–Kier alpha value is -1.10. The van der Waals surface area contributed by atoms with Crippen LogP contribution >= 0.6 is 0 Å². The average Bonchev–Trinajstić information content (AvgIpc) is 2.12. The monoisotopic (exact) mass is 217 g/mol. The summed E-state index contributed by atoms with van der Waals surface area (Å²) in [4.78, 5) is 21.7. The number of hydrogen-bond donors (Lipinski definition) is 2. The first-order chi connectivity index (χ1) is 6.84. The molecule has 0 aromatic heterocycles. The van der Waals surface area contributed by atoms with Gasteiger partial charge in [-0.15, -0.1) is 0 Å². The predicted octanol–water partition coefficient (Wildman–Crippen LogP) is 0.0711. The van der Waals surface area contributed by atoms with Crippen LogP contribution in [0.15, 0.2) is 0 Å². The van der Waals surface area contributed by atoms with Gasteiger partial charge in [-0.2, -0.15) is 0 Å². The van der Waals surface area contributed by atoms with Crippen LogP contribution < -0.4 is 5.32 Å². The molecule has 0 saturated carbocycles. The molecule has 0 bridgehead atoms. The van der Waals surface area contributed by atoms with Gasteiger partial charge in [0.15, 0.2) is 6.04 Å². The van der Waals surface area contributed by atoms with E-state index >= 15 is 0 Å². The van der Waals surface area contributed by atoms with Crippen molar-refractivity contribution < 1.29 is 19.4 Å². The van der Waals surface area contributed by atoms with Gasteiger partial charge in [-0.25, -0.2) is 4.79 Å². The third-order valence-electron chi connectivity index (χ3n) is 1.99. The second-order valence-electron chi connectivity index (χ2n) is 4.33. The minimum absolute atomic E-state index is 0.215. The summed E-state index contributed by atoms with van der Waals surface area (Å²) >= 11 is 0. The van der Waals surface area contributed by atoms with Gasteiger partial charge in [-0.1, -0.05) is 20.8 Å². The van der Waals surface area contributed by atoms with Crippen molar-refractivity contribution in [1.29, 1.82) is 0 Å². The van der Waals surface area contributed by atoms with Gasteiger partial charge in [0, 0.05) is 0 Å². The molecular formula is C10H19NO4.